The van der Waals surface area contributed by atoms with Crippen LogP contribution in [0.25, 0.3) is 0 Å². The maximum atomic E-state index is 12.5. The number of carbonyl (C=O) groups excluding carboxylic acids is 3. The van der Waals surface area contributed by atoms with Gasteiger partial charge in [-0.15, -0.1) is 4.28 Å². The summed E-state index contributed by atoms with van der Waals surface area (Å²) in [6.07, 6.45) is 0.597. The molecule has 1 aromatic rings. The first-order valence-corrected chi connectivity index (χ1v) is 9.00. The quantitative estimate of drug-likeness (QED) is 0.589. The number of hydroxylamine groups is 2. The van der Waals surface area contributed by atoms with Crippen LogP contribution in [0.4, 0.5) is 10.5 Å². The van der Waals surface area contributed by atoms with Crippen molar-refractivity contribution in [2.75, 3.05) is 11.9 Å². The Morgan fingerprint density at radius 2 is 2.04 bits per heavy atom. The minimum atomic E-state index is -4.84. The topological polar surface area (TPSA) is 159 Å². The van der Waals surface area contributed by atoms with Crippen molar-refractivity contribution in [2.45, 2.75) is 24.9 Å². The van der Waals surface area contributed by atoms with E-state index in [1.54, 1.807) is 12.1 Å². The van der Waals surface area contributed by atoms with Gasteiger partial charge < -0.3 is 16.0 Å². The molecule has 2 saturated heterocycles. The highest BCUT2D eigenvalue weighted by atomic mass is 32.3. The molecule has 2 aliphatic heterocycles. The lowest BCUT2D eigenvalue weighted by Gasteiger charge is -2.29. The molecule has 2 atom stereocenters. The van der Waals surface area contributed by atoms with Crippen molar-refractivity contribution in [2.24, 2.45) is 5.73 Å². The fourth-order valence-electron chi connectivity index (χ4n) is 3.08. The molecule has 3 rings (SSSR count). The molecule has 0 spiro atoms. The fraction of sp³-hybridized carbons (Fsp3) is 0.357. The van der Waals surface area contributed by atoms with Crippen molar-refractivity contribution >= 4 is 33.9 Å². The molecule has 0 saturated carbocycles. The van der Waals surface area contributed by atoms with Crippen molar-refractivity contribution in [1.29, 1.82) is 0 Å². The number of primary amides is 1. The predicted octanol–water partition coefficient (Wildman–Crippen LogP) is -0.273. The number of amides is 4. The van der Waals surface area contributed by atoms with Crippen LogP contribution in [0.5, 0.6) is 0 Å². The lowest BCUT2D eigenvalue weighted by molar-refractivity contribution is -0.120. The molecule has 2 fully saturated rings. The third-order valence-corrected chi connectivity index (χ3v) is 4.56. The van der Waals surface area contributed by atoms with Gasteiger partial charge in [0.25, 0.3) is 0 Å². The van der Waals surface area contributed by atoms with Crippen LogP contribution in [0.2, 0.25) is 0 Å². The van der Waals surface area contributed by atoms with Crippen LogP contribution in [0.3, 0.4) is 0 Å². The number of rotatable bonds is 5. The van der Waals surface area contributed by atoms with Gasteiger partial charge in [-0.3, -0.25) is 14.1 Å². The zero-order valence-corrected chi connectivity index (χ0v) is 14.2. The molecule has 140 valence electrons. The Hall–Kier alpha value is -2.70. The standard InChI is InChI=1S/C14H16N4O7S/c15-12(19)8-2-1-3-9(6-8)16-13(20)11-5-4-10-7-17(11)14(21)18(10)25-26(22,23)24/h1-3,6,10-11H,4-5,7H2,(H2,15,19)(H,16,20)(H,22,23,24)/t10-,11+/m0/s1. The third-order valence-electron chi connectivity index (χ3n) is 4.21. The van der Waals surface area contributed by atoms with Gasteiger partial charge in [0.15, 0.2) is 0 Å². The number of urea groups is 1. The van der Waals surface area contributed by atoms with Crippen LogP contribution >= 0.6 is 0 Å². The van der Waals surface area contributed by atoms with Gasteiger partial charge in [-0.1, -0.05) is 6.07 Å². The average Bonchev–Trinajstić information content (AvgIpc) is 2.78. The highest BCUT2D eigenvalue weighted by Gasteiger charge is 2.49. The molecule has 12 heteroatoms. The lowest BCUT2D eigenvalue weighted by atomic mass is 10.00. The van der Waals surface area contributed by atoms with Crippen LogP contribution in [0, 0.1) is 0 Å². The molecule has 0 unspecified atom stereocenters. The molecule has 0 aromatic heterocycles. The first-order valence-electron chi connectivity index (χ1n) is 7.63. The Balaban J connectivity index is 1.73. The molecule has 1 aromatic carbocycles. The molecule has 2 bridgehead atoms. The Labute approximate surface area is 148 Å². The number of nitrogens with one attached hydrogen (secondary N) is 1. The van der Waals surface area contributed by atoms with Gasteiger partial charge in [0, 0.05) is 17.8 Å². The summed E-state index contributed by atoms with van der Waals surface area (Å²) in [5, 5.41) is 3.17. The molecule has 26 heavy (non-hydrogen) atoms. The van der Waals surface area contributed by atoms with Crippen LogP contribution < -0.4 is 11.1 Å². The third kappa shape index (κ3) is 3.61. The van der Waals surface area contributed by atoms with E-state index in [2.05, 4.69) is 9.60 Å². The maximum Gasteiger partial charge on any atom is 0.418 e. The number of anilines is 1. The number of piperidine rings is 1. The van der Waals surface area contributed by atoms with Gasteiger partial charge in [-0.2, -0.15) is 13.5 Å². The van der Waals surface area contributed by atoms with Crippen LogP contribution in [-0.2, 0) is 19.5 Å². The molecule has 4 amide bonds. The molecule has 0 radical (unpaired) electrons. The van der Waals surface area contributed by atoms with Gasteiger partial charge in [0.1, 0.15) is 6.04 Å². The summed E-state index contributed by atoms with van der Waals surface area (Å²) < 4.78 is 34.8. The van der Waals surface area contributed by atoms with Gasteiger partial charge in [-0.25, -0.2) is 4.79 Å². The molecule has 4 N–H and O–H groups in total. The second-order valence-corrected chi connectivity index (χ2v) is 6.95. The lowest BCUT2D eigenvalue weighted by Crippen LogP contribution is -2.47. The molecule has 2 heterocycles. The van der Waals surface area contributed by atoms with Crippen LogP contribution in [-0.4, -0.2) is 59.4 Å². The normalized spacial score (nSPS) is 22.4. The zero-order chi connectivity index (χ0) is 19.1. The van der Waals surface area contributed by atoms with E-state index in [-0.39, 0.29) is 18.5 Å². The van der Waals surface area contributed by atoms with Crippen molar-refractivity contribution in [1.82, 2.24) is 9.96 Å². The average molecular weight is 384 g/mol. The van der Waals surface area contributed by atoms with Crippen LogP contribution in [0.1, 0.15) is 23.2 Å². The Morgan fingerprint density at radius 1 is 1.31 bits per heavy atom. The minimum absolute atomic E-state index is 0.0910. The largest absolute Gasteiger partial charge is 0.418 e. The van der Waals surface area contributed by atoms with Gasteiger partial charge in [0.05, 0.1) is 6.04 Å². The van der Waals surface area contributed by atoms with E-state index in [1.807, 2.05) is 0 Å². The molecule has 11 nitrogen and oxygen atoms in total. The summed E-state index contributed by atoms with van der Waals surface area (Å²) in [6, 6.07) is 3.78. The van der Waals surface area contributed by atoms with Crippen molar-refractivity contribution in [3.8, 4) is 0 Å². The van der Waals surface area contributed by atoms with E-state index in [0.717, 1.165) is 0 Å². The van der Waals surface area contributed by atoms with E-state index in [1.165, 1.54) is 17.0 Å². The second-order valence-electron chi connectivity index (χ2n) is 5.94. The summed E-state index contributed by atoms with van der Waals surface area (Å²) >= 11 is 0. The summed E-state index contributed by atoms with van der Waals surface area (Å²) in [6.45, 7) is 0.0910. The molecular weight excluding hydrogens is 368 g/mol. The smallest absolute Gasteiger partial charge is 0.366 e. The SMILES string of the molecule is NC(=O)c1cccc(NC(=O)[C@H]2CC[C@H]3CN2C(=O)N3OS(=O)(=O)O)c1. The fourth-order valence-corrected chi connectivity index (χ4v) is 3.47. The predicted molar refractivity (Wildman–Crippen MR) is 87.0 cm³/mol. The summed E-state index contributed by atoms with van der Waals surface area (Å²) in [5.74, 6) is -1.14. The van der Waals surface area contributed by atoms with Gasteiger partial charge in [-0.05, 0) is 31.0 Å². The van der Waals surface area contributed by atoms with E-state index in [0.29, 0.717) is 17.2 Å². The maximum absolute atomic E-state index is 12.5. The first-order chi connectivity index (χ1) is 12.2. The molecular formula is C14H16N4O7S. The van der Waals surface area contributed by atoms with Gasteiger partial charge in [0.2, 0.25) is 11.8 Å². The number of benzene rings is 1. The minimum Gasteiger partial charge on any atom is -0.366 e. The molecule has 0 aliphatic carbocycles. The molecule has 2 aliphatic rings. The number of carbonyl (C=O) groups is 3. The first kappa shape index (κ1) is 18.1. The monoisotopic (exact) mass is 384 g/mol. The Bertz CT molecular complexity index is 872. The number of nitrogens with zero attached hydrogens (tertiary/aromatic N) is 2. The summed E-state index contributed by atoms with van der Waals surface area (Å²) in [7, 11) is -4.84. The van der Waals surface area contributed by atoms with Crippen molar-refractivity contribution in [3.05, 3.63) is 29.8 Å². The highest BCUT2D eigenvalue weighted by Crippen LogP contribution is 2.31. The van der Waals surface area contributed by atoms with E-state index in [9.17, 15) is 22.8 Å². The number of nitrogens with two attached hydrogens (primary N) is 1. The van der Waals surface area contributed by atoms with E-state index in [4.69, 9.17) is 10.3 Å². The number of hydrogen-bond donors (Lipinski definition) is 3. The van der Waals surface area contributed by atoms with Crippen LogP contribution in [0.15, 0.2) is 24.3 Å². The van der Waals surface area contributed by atoms with E-state index >= 15 is 0 Å². The zero-order valence-electron chi connectivity index (χ0n) is 13.4. The Morgan fingerprint density at radius 3 is 2.69 bits per heavy atom. The highest BCUT2D eigenvalue weighted by molar-refractivity contribution is 7.80. The number of fused-ring (bicyclic) bond motifs is 2. The van der Waals surface area contributed by atoms with Crippen molar-refractivity contribution in [3.63, 3.8) is 0 Å². The summed E-state index contributed by atoms with van der Waals surface area (Å²) in [4.78, 5) is 37.2. The Kier molecular flexibility index (Phi) is 4.56. The second kappa shape index (κ2) is 6.55. The number of hydrogen-bond acceptors (Lipinski definition) is 6. The van der Waals surface area contributed by atoms with Gasteiger partial charge >= 0.3 is 16.4 Å². The van der Waals surface area contributed by atoms with Crippen molar-refractivity contribution < 1.29 is 31.6 Å². The van der Waals surface area contributed by atoms with E-state index < -0.39 is 40.3 Å². The summed E-state index contributed by atoms with van der Waals surface area (Å²) in [5.41, 5.74) is 5.75.